The number of hydrogen-bond acceptors (Lipinski definition) is 4. The van der Waals surface area contributed by atoms with Crippen LogP contribution in [0.5, 0.6) is 0 Å². The summed E-state index contributed by atoms with van der Waals surface area (Å²) < 4.78 is 23.4. The minimum absolute atomic E-state index is 0.0529. The zero-order valence-corrected chi connectivity index (χ0v) is 13.9. The highest BCUT2D eigenvalue weighted by atomic mass is 32.2. The van der Waals surface area contributed by atoms with Crippen LogP contribution < -0.4 is 5.32 Å². The van der Waals surface area contributed by atoms with Crippen molar-refractivity contribution in [1.82, 2.24) is 5.32 Å². The Hall–Kier alpha value is -0.620. The van der Waals surface area contributed by atoms with Crippen LogP contribution in [0.2, 0.25) is 0 Å². The van der Waals surface area contributed by atoms with E-state index in [-0.39, 0.29) is 11.3 Å². The summed E-state index contributed by atoms with van der Waals surface area (Å²) in [5.41, 5.74) is -1.53. The Morgan fingerprint density at radius 3 is 2.20 bits per heavy atom. The predicted octanol–water partition coefficient (Wildman–Crippen LogP) is 1.82. The standard InChI is InChI=1S/C14H27NO4S/c1-13(2,12(16)17)14(3,4)15-10-7-6-8-11(9-10)20(5,18)19/h10-11,15H,6-9H2,1-5H3,(H,16,17). The number of rotatable bonds is 5. The van der Waals surface area contributed by atoms with E-state index < -0.39 is 26.8 Å². The molecule has 6 heteroatoms. The van der Waals surface area contributed by atoms with Gasteiger partial charge in [-0.05, 0) is 47.0 Å². The molecule has 0 aliphatic heterocycles. The van der Waals surface area contributed by atoms with Crippen molar-refractivity contribution in [2.45, 2.75) is 70.2 Å². The third-order valence-electron chi connectivity index (χ3n) is 4.89. The van der Waals surface area contributed by atoms with Gasteiger partial charge in [-0.15, -0.1) is 0 Å². The van der Waals surface area contributed by atoms with Gasteiger partial charge in [-0.1, -0.05) is 6.42 Å². The molecule has 2 atom stereocenters. The lowest BCUT2D eigenvalue weighted by Crippen LogP contribution is -2.59. The lowest BCUT2D eigenvalue weighted by atomic mass is 9.73. The summed E-state index contributed by atoms with van der Waals surface area (Å²) in [5.74, 6) is -0.856. The maximum absolute atomic E-state index is 11.7. The van der Waals surface area contributed by atoms with E-state index in [4.69, 9.17) is 0 Å². The molecule has 2 N–H and O–H groups in total. The molecule has 0 amide bonds. The second kappa shape index (κ2) is 5.64. The first-order chi connectivity index (χ1) is 8.88. The van der Waals surface area contributed by atoms with Crippen LogP contribution in [0.25, 0.3) is 0 Å². The molecule has 0 spiro atoms. The zero-order valence-electron chi connectivity index (χ0n) is 13.1. The molecule has 0 aromatic rings. The largest absolute Gasteiger partial charge is 0.481 e. The van der Waals surface area contributed by atoms with Crippen LogP contribution in [0.4, 0.5) is 0 Å². The van der Waals surface area contributed by atoms with Crippen LogP contribution in [0.1, 0.15) is 53.4 Å². The summed E-state index contributed by atoms with van der Waals surface area (Å²) in [6.07, 6.45) is 4.31. The SMILES string of the molecule is CC(C)(NC1CCCC(S(C)(=O)=O)C1)C(C)(C)C(=O)O. The molecule has 0 aromatic carbocycles. The molecule has 1 fully saturated rings. The highest BCUT2D eigenvalue weighted by Gasteiger charge is 2.45. The van der Waals surface area contributed by atoms with Gasteiger partial charge in [0, 0.05) is 17.8 Å². The van der Waals surface area contributed by atoms with Crippen molar-refractivity contribution < 1.29 is 18.3 Å². The minimum Gasteiger partial charge on any atom is -0.481 e. The third-order valence-corrected chi connectivity index (χ3v) is 6.53. The quantitative estimate of drug-likeness (QED) is 0.809. The van der Waals surface area contributed by atoms with Crippen molar-refractivity contribution in [3.05, 3.63) is 0 Å². The van der Waals surface area contributed by atoms with E-state index in [0.717, 1.165) is 12.8 Å². The Morgan fingerprint density at radius 2 is 1.75 bits per heavy atom. The number of aliphatic carboxylic acids is 1. The van der Waals surface area contributed by atoms with Gasteiger partial charge in [0.2, 0.25) is 0 Å². The Bertz CT molecular complexity index is 468. The summed E-state index contributed by atoms with van der Waals surface area (Å²) in [6.45, 7) is 7.12. The Kier molecular flexibility index (Phi) is 4.91. The maximum atomic E-state index is 11.7. The van der Waals surface area contributed by atoms with E-state index in [2.05, 4.69) is 5.32 Å². The predicted molar refractivity (Wildman–Crippen MR) is 79.5 cm³/mol. The van der Waals surface area contributed by atoms with E-state index >= 15 is 0 Å². The Morgan fingerprint density at radius 1 is 1.20 bits per heavy atom. The first-order valence-corrected chi connectivity index (χ1v) is 9.03. The fourth-order valence-electron chi connectivity index (χ4n) is 2.62. The van der Waals surface area contributed by atoms with Crippen LogP contribution in [0, 0.1) is 5.41 Å². The van der Waals surface area contributed by atoms with Crippen molar-refractivity contribution in [2.24, 2.45) is 5.41 Å². The minimum atomic E-state index is -3.02. The maximum Gasteiger partial charge on any atom is 0.310 e. The molecule has 1 aliphatic rings. The van der Waals surface area contributed by atoms with Gasteiger partial charge in [0.15, 0.2) is 0 Å². The summed E-state index contributed by atoms with van der Waals surface area (Å²) in [5, 5.41) is 12.4. The number of carbonyl (C=O) groups is 1. The molecular weight excluding hydrogens is 278 g/mol. The van der Waals surface area contributed by atoms with Crippen LogP contribution in [-0.2, 0) is 14.6 Å². The highest BCUT2D eigenvalue weighted by Crippen LogP contribution is 2.33. The zero-order chi connectivity index (χ0) is 15.8. The van der Waals surface area contributed by atoms with Gasteiger partial charge in [0.25, 0.3) is 0 Å². The number of hydrogen-bond donors (Lipinski definition) is 2. The van der Waals surface area contributed by atoms with Crippen molar-refractivity contribution in [3.8, 4) is 0 Å². The second-order valence-electron chi connectivity index (χ2n) is 7.01. The number of nitrogens with one attached hydrogen (secondary N) is 1. The fourth-order valence-corrected chi connectivity index (χ4v) is 3.80. The summed E-state index contributed by atoms with van der Waals surface area (Å²) in [4.78, 5) is 11.4. The summed E-state index contributed by atoms with van der Waals surface area (Å²) in [6, 6.07) is 0.0529. The highest BCUT2D eigenvalue weighted by molar-refractivity contribution is 7.91. The van der Waals surface area contributed by atoms with Gasteiger partial charge in [0.05, 0.1) is 10.7 Å². The molecular formula is C14H27NO4S. The second-order valence-corrected chi connectivity index (χ2v) is 9.34. The van der Waals surface area contributed by atoms with Crippen LogP contribution >= 0.6 is 0 Å². The molecule has 0 bridgehead atoms. The molecule has 2 unspecified atom stereocenters. The fraction of sp³-hybridized carbons (Fsp3) is 0.929. The van der Waals surface area contributed by atoms with Gasteiger partial charge in [-0.25, -0.2) is 8.42 Å². The van der Waals surface area contributed by atoms with Crippen LogP contribution in [0.15, 0.2) is 0 Å². The van der Waals surface area contributed by atoms with Gasteiger partial charge in [-0.3, -0.25) is 4.79 Å². The van der Waals surface area contributed by atoms with Crippen molar-refractivity contribution >= 4 is 15.8 Å². The lowest BCUT2D eigenvalue weighted by molar-refractivity contribution is -0.151. The van der Waals surface area contributed by atoms with Gasteiger partial charge >= 0.3 is 5.97 Å². The molecule has 118 valence electrons. The molecule has 5 nitrogen and oxygen atoms in total. The normalized spacial score (nSPS) is 25.4. The van der Waals surface area contributed by atoms with E-state index in [1.165, 1.54) is 6.26 Å². The summed E-state index contributed by atoms with van der Waals surface area (Å²) >= 11 is 0. The van der Waals surface area contributed by atoms with Crippen molar-refractivity contribution in [3.63, 3.8) is 0 Å². The Labute approximate surface area is 122 Å². The molecule has 0 radical (unpaired) electrons. The first-order valence-electron chi connectivity index (χ1n) is 7.08. The van der Waals surface area contributed by atoms with E-state index in [1.54, 1.807) is 13.8 Å². The monoisotopic (exact) mass is 305 g/mol. The Balaban J connectivity index is 2.80. The van der Waals surface area contributed by atoms with E-state index in [0.29, 0.717) is 12.8 Å². The van der Waals surface area contributed by atoms with E-state index in [1.807, 2.05) is 13.8 Å². The molecule has 1 aliphatic carbocycles. The molecule has 0 aromatic heterocycles. The molecule has 1 rings (SSSR count). The number of carboxylic acids is 1. The number of sulfone groups is 1. The molecule has 0 heterocycles. The average Bonchev–Trinajstić information content (AvgIpc) is 2.27. The van der Waals surface area contributed by atoms with Crippen LogP contribution in [-0.4, -0.2) is 42.6 Å². The smallest absolute Gasteiger partial charge is 0.310 e. The average molecular weight is 305 g/mol. The molecule has 0 saturated heterocycles. The van der Waals surface area contributed by atoms with Crippen LogP contribution in [0.3, 0.4) is 0 Å². The van der Waals surface area contributed by atoms with Gasteiger partial charge < -0.3 is 10.4 Å². The lowest BCUT2D eigenvalue weighted by Gasteiger charge is -2.43. The molecule has 20 heavy (non-hydrogen) atoms. The first kappa shape index (κ1) is 17.4. The van der Waals surface area contributed by atoms with Gasteiger partial charge in [-0.2, -0.15) is 0 Å². The van der Waals surface area contributed by atoms with Crippen molar-refractivity contribution in [1.29, 1.82) is 0 Å². The van der Waals surface area contributed by atoms with E-state index in [9.17, 15) is 18.3 Å². The van der Waals surface area contributed by atoms with Crippen molar-refractivity contribution in [2.75, 3.05) is 6.26 Å². The molecule has 1 saturated carbocycles. The third kappa shape index (κ3) is 3.73. The number of carboxylic acid groups (broad SMARTS) is 1. The van der Waals surface area contributed by atoms with Gasteiger partial charge in [0.1, 0.15) is 9.84 Å². The summed E-state index contributed by atoms with van der Waals surface area (Å²) in [7, 11) is -3.02. The topological polar surface area (TPSA) is 83.5 Å².